The lowest BCUT2D eigenvalue weighted by Gasteiger charge is -2.08. The predicted octanol–water partition coefficient (Wildman–Crippen LogP) is 1.39. The second-order valence-electron chi connectivity index (χ2n) is 2.75. The Morgan fingerprint density at radius 3 is 2.27 bits per heavy atom. The average Bonchev–Trinajstić information content (AvgIpc) is 2.18. The number of carbonyl (C=O) groups is 2. The number of carbonyl (C=O) groups excluding carboxylic acids is 2. The van der Waals surface area contributed by atoms with E-state index in [9.17, 15) is 9.59 Å². The highest BCUT2D eigenvalue weighted by Gasteiger charge is 2.14. The number of primary amides is 1. The zero-order chi connectivity index (χ0) is 11.4. The smallest absolute Gasteiger partial charge is 0.252 e. The highest BCUT2D eigenvalue weighted by molar-refractivity contribution is 9.10. The molecule has 0 aromatic heterocycles. The third-order valence-corrected chi connectivity index (χ3v) is 2.82. The fraction of sp³-hybridized carbons (Fsp3) is 0.111. The molecule has 0 heterocycles. The number of nitrogens with two attached hydrogens (primary N) is 1. The van der Waals surface area contributed by atoms with Gasteiger partial charge in [-0.05, 0) is 24.3 Å². The molecule has 1 atom stereocenters. The fourth-order valence-electron chi connectivity index (χ4n) is 0.871. The Balaban J connectivity index is 2.69. The molecular formula is C9H8Br2N2O2. The summed E-state index contributed by atoms with van der Waals surface area (Å²) in [5, 5.41) is 2.40. The fourth-order valence-corrected chi connectivity index (χ4v) is 1.34. The van der Waals surface area contributed by atoms with Gasteiger partial charge in [-0.2, -0.15) is 0 Å². The van der Waals surface area contributed by atoms with Crippen LogP contribution in [0.1, 0.15) is 10.4 Å². The van der Waals surface area contributed by atoms with E-state index in [0.717, 1.165) is 4.47 Å². The number of nitrogens with one attached hydrogen (secondary N) is 1. The second-order valence-corrected chi connectivity index (χ2v) is 4.58. The first kappa shape index (κ1) is 12.2. The molecule has 0 saturated heterocycles. The summed E-state index contributed by atoms with van der Waals surface area (Å²) in [5.74, 6) is -0.997. The van der Waals surface area contributed by atoms with Crippen molar-refractivity contribution < 1.29 is 9.59 Å². The SMILES string of the molecule is NC(=O)C(Br)NC(=O)c1ccc(Br)cc1. The molecule has 1 unspecified atom stereocenters. The molecule has 15 heavy (non-hydrogen) atoms. The lowest BCUT2D eigenvalue weighted by atomic mass is 10.2. The van der Waals surface area contributed by atoms with E-state index in [1.54, 1.807) is 24.3 Å². The maximum atomic E-state index is 11.5. The minimum Gasteiger partial charge on any atom is -0.367 e. The Morgan fingerprint density at radius 2 is 1.80 bits per heavy atom. The van der Waals surface area contributed by atoms with Gasteiger partial charge in [0.15, 0.2) is 4.95 Å². The van der Waals surface area contributed by atoms with Crippen LogP contribution in [-0.4, -0.2) is 16.8 Å². The zero-order valence-electron chi connectivity index (χ0n) is 7.54. The lowest BCUT2D eigenvalue weighted by Crippen LogP contribution is -2.40. The van der Waals surface area contributed by atoms with Gasteiger partial charge in [0, 0.05) is 10.0 Å². The van der Waals surface area contributed by atoms with E-state index in [1.807, 2.05) is 0 Å². The Hall–Kier alpha value is -0.880. The van der Waals surface area contributed by atoms with Crippen LogP contribution in [0, 0.1) is 0 Å². The zero-order valence-corrected chi connectivity index (χ0v) is 10.7. The van der Waals surface area contributed by atoms with Gasteiger partial charge in [0.05, 0.1) is 0 Å². The Labute approximate surface area is 103 Å². The second kappa shape index (κ2) is 5.27. The quantitative estimate of drug-likeness (QED) is 0.647. The lowest BCUT2D eigenvalue weighted by molar-refractivity contribution is -0.117. The molecule has 0 spiro atoms. The first-order valence-electron chi connectivity index (χ1n) is 4.00. The Bertz CT molecular complexity index is 378. The molecule has 1 aromatic rings. The van der Waals surface area contributed by atoms with Crippen LogP contribution in [0.2, 0.25) is 0 Å². The van der Waals surface area contributed by atoms with Crippen molar-refractivity contribution >= 4 is 43.7 Å². The minimum absolute atomic E-state index is 0.358. The van der Waals surface area contributed by atoms with E-state index < -0.39 is 10.9 Å². The molecule has 0 aliphatic rings. The first-order valence-corrected chi connectivity index (χ1v) is 5.71. The van der Waals surface area contributed by atoms with Crippen LogP contribution in [0.5, 0.6) is 0 Å². The van der Waals surface area contributed by atoms with Gasteiger partial charge in [0.2, 0.25) is 0 Å². The molecule has 0 fully saturated rings. The standard InChI is InChI=1S/C9H8Br2N2O2/c10-6-3-1-5(2-4-6)9(15)13-7(11)8(12)14/h1-4,7H,(H2,12,14)(H,13,15). The minimum atomic E-state index is -0.853. The van der Waals surface area contributed by atoms with Gasteiger partial charge >= 0.3 is 0 Å². The molecule has 6 heteroatoms. The van der Waals surface area contributed by atoms with Crippen LogP contribution in [0.25, 0.3) is 0 Å². The van der Waals surface area contributed by atoms with Crippen LogP contribution in [0.3, 0.4) is 0 Å². The number of halogens is 2. The Morgan fingerprint density at radius 1 is 1.27 bits per heavy atom. The van der Waals surface area contributed by atoms with Crippen molar-refractivity contribution in [3.63, 3.8) is 0 Å². The largest absolute Gasteiger partial charge is 0.367 e. The summed E-state index contributed by atoms with van der Waals surface area (Å²) >= 11 is 6.19. The van der Waals surface area contributed by atoms with Gasteiger partial charge in [-0.25, -0.2) is 0 Å². The molecule has 0 radical (unpaired) electrons. The van der Waals surface area contributed by atoms with Crippen LogP contribution in [-0.2, 0) is 4.79 Å². The van der Waals surface area contributed by atoms with Crippen molar-refractivity contribution in [2.75, 3.05) is 0 Å². The average molecular weight is 336 g/mol. The van der Waals surface area contributed by atoms with E-state index >= 15 is 0 Å². The third kappa shape index (κ3) is 3.64. The molecule has 0 aliphatic carbocycles. The van der Waals surface area contributed by atoms with E-state index in [0.29, 0.717) is 5.56 Å². The number of rotatable bonds is 3. The molecule has 80 valence electrons. The highest BCUT2D eigenvalue weighted by Crippen LogP contribution is 2.10. The molecule has 3 N–H and O–H groups in total. The number of alkyl halides is 1. The molecule has 0 aliphatic heterocycles. The first-order chi connectivity index (χ1) is 7.00. The number of benzene rings is 1. The van der Waals surface area contributed by atoms with Crippen molar-refractivity contribution in [1.82, 2.24) is 5.32 Å². The summed E-state index contributed by atoms with van der Waals surface area (Å²) in [6.45, 7) is 0. The Kier molecular flexibility index (Phi) is 4.28. The molecule has 0 bridgehead atoms. The van der Waals surface area contributed by atoms with Crippen LogP contribution < -0.4 is 11.1 Å². The molecule has 2 amide bonds. The van der Waals surface area contributed by atoms with Gasteiger partial charge in [0.25, 0.3) is 11.8 Å². The normalized spacial score (nSPS) is 11.9. The highest BCUT2D eigenvalue weighted by atomic mass is 79.9. The predicted molar refractivity (Wildman–Crippen MR) is 63.5 cm³/mol. The van der Waals surface area contributed by atoms with Crippen LogP contribution in [0.15, 0.2) is 28.7 Å². The van der Waals surface area contributed by atoms with Crippen molar-refractivity contribution in [1.29, 1.82) is 0 Å². The van der Waals surface area contributed by atoms with Crippen molar-refractivity contribution in [3.8, 4) is 0 Å². The van der Waals surface area contributed by atoms with Crippen LogP contribution in [0.4, 0.5) is 0 Å². The van der Waals surface area contributed by atoms with E-state index in [4.69, 9.17) is 5.73 Å². The van der Waals surface area contributed by atoms with Gasteiger partial charge in [-0.3, -0.25) is 9.59 Å². The number of hydrogen-bond donors (Lipinski definition) is 2. The van der Waals surface area contributed by atoms with E-state index in [2.05, 4.69) is 37.2 Å². The maximum Gasteiger partial charge on any atom is 0.252 e. The summed E-state index contributed by atoms with van der Waals surface area (Å²) in [5.41, 5.74) is 5.44. The van der Waals surface area contributed by atoms with Gasteiger partial charge in [-0.1, -0.05) is 31.9 Å². The molecule has 4 nitrogen and oxygen atoms in total. The van der Waals surface area contributed by atoms with Gasteiger partial charge in [0.1, 0.15) is 0 Å². The van der Waals surface area contributed by atoms with Gasteiger partial charge in [-0.15, -0.1) is 0 Å². The van der Waals surface area contributed by atoms with Crippen molar-refractivity contribution in [3.05, 3.63) is 34.3 Å². The van der Waals surface area contributed by atoms with E-state index in [-0.39, 0.29) is 5.91 Å². The van der Waals surface area contributed by atoms with Gasteiger partial charge < -0.3 is 11.1 Å². The summed E-state index contributed by atoms with van der Waals surface area (Å²) in [6.07, 6.45) is 0. The molecular weight excluding hydrogens is 328 g/mol. The van der Waals surface area contributed by atoms with Crippen molar-refractivity contribution in [2.24, 2.45) is 5.73 Å². The molecule has 1 rings (SSSR count). The summed E-state index contributed by atoms with van der Waals surface area (Å²) < 4.78 is 0.879. The maximum absolute atomic E-state index is 11.5. The summed E-state index contributed by atoms with van der Waals surface area (Å²) in [6, 6.07) is 6.76. The van der Waals surface area contributed by atoms with Crippen molar-refractivity contribution in [2.45, 2.75) is 4.95 Å². The van der Waals surface area contributed by atoms with E-state index in [1.165, 1.54) is 0 Å². The molecule has 0 saturated carbocycles. The monoisotopic (exact) mass is 334 g/mol. The summed E-state index contributed by atoms with van der Waals surface area (Å²) in [4.78, 5) is 21.3. The number of amides is 2. The van der Waals surface area contributed by atoms with Crippen LogP contribution >= 0.6 is 31.9 Å². The topological polar surface area (TPSA) is 72.2 Å². The number of hydrogen-bond acceptors (Lipinski definition) is 2. The molecule has 1 aromatic carbocycles. The third-order valence-electron chi connectivity index (χ3n) is 1.61. The summed E-state index contributed by atoms with van der Waals surface area (Å²) in [7, 11) is 0.